The molecule has 2 aromatic carbocycles. The largest absolute Gasteiger partial charge is 0.484 e. The van der Waals surface area contributed by atoms with E-state index in [1.165, 1.54) is 17.0 Å². The molecule has 0 aliphatic rings. The van der Waals surface area contributed by atoms with E-state index in [0.29, 0.717) is 50.3 Å². The molecule has 2 rings (SSSR count). The standard InChI is InChI=1S/C21H20Cl4N2O4/c1-13(26-20(28)11-30-14-3-5-16(22)18(24)9-14)7-8-27(2)21(29)12-31-15-4-6-17(23)19(25)10-15/h3-6,9-10H,1,7-8,11-12H2,2H3,(H,26,28). The monoisotopic (exact) mass is 504 g/mol. The van der Waals surface area contributed by atoms with E-state index in [0.717, 1.165) is 0 Å². The molecule has 0 heterocycles. The molecular formula is C21H20Cl4N2O4. The van der Waals surface area contributed by atoms with E-state index in [1.807, 2.05) is 0 Å². The summed E-state index contributed by atoms with van der Waals surface area (Å²) in [6, 6.07) is 9.45. The number of amides is 2. The van der Waals surface area contributed by atoms with E-state index in [-0.39, 0.29) is 25.0 Å². The Morgan fingerprint density at radius 3 is 1.94 bits per heavy atom. The molecule has 0 unspecified atom stereocenters. The molecular weight excluding hydrogens is 486 g/mol. The second-order valence-electron chi connectivity index (χ2n) is 6.45. The van der Waals surface area contributed by atoms with Gasteiger partial charge in [-0.05, 0) is 24.3 Å². The van der Waals surface area contributed by atoms with Crippen LogP contribution < -0.4 is 14.8 Å². The molecule has 0 aromatic heterocycles. The molecule has 0 atom stereocenters. The van der Waals surface area contributed by atoms with Gasteiger partial charge >= 0.3 is 0 Å². The number of rotatable bonds is 10. The zero-order chi connectivity index (χ0) is 23.0. The molecule has 1 N–H and O–H groups in total. The van der Waals surface area contributed by atoms with Crippen LogP contribution in [0.15, 0.2) is 48.7 Å². The van der Waals surface area contributed by atoms with Crippen LogP contribution in [-0.4, -0.2) is 43.5 Å². The Balaban J connectivity index is 1.68. The lowest BCUT2D eigenvalue weighted by molar-refractivity contribution is -0.132. The first-order valence-corrected chi connectivity index (χ1v) is 10.5. The van der Waals surface area contributed by atoms with E-state index < -0.39 is 0 Å². The maximum atomic E-state index is 12.2. The Morgan fingerprint density at radius 2 is 1.42 bits per heavy atom. The highest BCUT2D eigenvalue weighted by Gasteiger charge is 2.12. The van der Waals surface area contributed by atoms with Crippen molar-refractivity contribution in [3.63, 3.8) is 0 Å². The van der Waals surface area contributed by atoms with Gasteiger partial charge in [-0.3, -0.25) is 9.59 Å². The average Bonchev–Trinajstić information content (AvgIpc) is 2.73. The topological polar surface area (TPSA) is 67.9 Å². The summed E-state index contributed by atoms with van der Waals surface area (Å²) < 4.78 is 10.8. The first kappa shape index (κ1) is 25.1. The smallest absolute Gasteiger partial charge is 0.262 e. The van der Waals surface area contributed by atoms with Crippen LogP contribution in [0.2, 0.25) is 20.1 Å². The number of nitrogens with one attached hydrogen (secondary N) is 1. The maximum Gasteiger partial charge on any atom is 0.262 e. The number of halogens is 4. The number of benzene rings is 2. The number of carbonyl (C=O) groups excluding carboxylic acids is 2. The number of nitrogens with zero attached hydrogens (tertiary/aromatic N) is 1. The molecule has 166 valence electrons. The van der Waals surface area contributed by atoms with E-state index in [9.17, 15) is 9.59 Å². The van der Waals surface area contributed by atoms with Crippen molar-refractivity contribution < 1.29 is 19.1 Å². The number of hydrogen-bond acceptors (Lipinski definition) is 4. The SMILES string of the molecule is C=C(CCN(C)C(=O)COc1ccc(Cl)c(Cl)c1)NC(=O)COc1ccc(Cl)c(Cl)c1. The van der Waals surface area contributed by atoms with Gasteiger partial charge in [0, 0.05) is 37.8 Å². The van der Waals surface area contributed by atoms with Gasteiger partial charge in [-0.1, -0.05) is 53.0 Å². The highest BCUT2D eigenvalue weighted by atomic mass is 35.5. The van der Waals surface area contributed by atoms with E-state index in [4.69, 9.17) is 55.9 Å². The Kier molecular flexibility index (Phi) is 9.78. The Bertz CT molecular complexity index is 968. The van der Waals surface area contributed by atoms with Gasteiger partial charge in [-0.25, -0.2) is 0 Å². The number of hydrogen-bond donors (Lipinski definition) is 1. The molecule has 0 spiro atoms. The van der Waals surface area contributed by atoms with Gasteiger partial charge in [0.25, 0.3) is 11.8 Å². The first-order valence-electron chi connectivity index (χ1n) is 9.03. The van der Waals surface area contributed by atoms with Crippen molar-refractivity contribution in [2.45, 2.75) is 6.42 Å². The van der Waals surface area contributed by atoms with E-state index in [1.54, 1.807) is 31.3 Å². The highest BCUT2D eigenvalue weighted by Crippen LogP contribution is 2.27. The van der Waals surface area contributed by atoms with Gasteiger partial charge in [0.1, 0.15) is 11.5 Å². The van der Waals surface area contributed by atoms with E-state index >= 15 is 0 Å². The molecule has 2 aromatic rings. The summed E-state index contributed by atoms with van der Waals surface area (Å²) in [5.74, 6) is 0.235. The molecule has 10 heteroatoms. The lowest BCUT2D eigenvalue weighted by Gasteiger charge is -2.18. The van der Waals surface area contributed by atoms with Gasteiger partial charge in [-0.15, -0.1) is 0 Å². The molecule has 0 bridgehead atoms. The van der Waals surface area contributed by atoms with Gasteiger partial charge in [-0.2, -0.15) is 0 Å². The van der Waals surface area contributed by atoms with Crippen molar-refractivity contribution in [3.8, 4) is 11.5 Å². The molecule has 0 radical (unpaired) electrons. The summed E-state index contributed by atoms with van der Waals surface area (Å²) in [6.45, 7) is 3.76. The van der Waals surface area contributed by atoms with Crippen LogP contribution in [0.3, 0.4) is 0 Å². The number of likely N-dealkylation sites (N-methyl/N-ethyl adjacent to an activating group) is 1. The van der Waals surface area contributed by atoms with Crippen molar-refractivity contribution in [2.75, 3.05) is 26.8 Å². The minimum Gasteiger partial charge on any atom is -0.484 e. The normalized spacial score (nSPS) is 10.4. The van der Waals surface area contributed by atoms with Crippen LogP contribution in [0, 0.1) is 0 Å². The van der Waals surface area contributed by atoms with Crippen molar-refractivity contribution in [1.82, 2.24) is 10.2 Å². The van der Waals surface area contributed by atoms with Crippen LogP contribution in [0.25, 0.3) is 0 Å². The minimum absolute atomic E-state index is 0.162. The molecule has 6 nitrogen and oxygen atoms in total. The van der Waals surface area contributed by atoms with Gasteiger partial charge < -0.3 is 19.7 Å². The summed E-state index contributed by atoms with van der Waals surface area (Å²) in [5.41, 5.74) is 0.452. The fourth-order valence-electron chi connectivity index (χ4n) is 2.26. The summed E-state index contributed by atoms with van der Waals surface area (Å²) in [6.07, 6.45) is 0.369. The Morgan fingerprint density at radius 1 is 0.903 bits per heavy atom. The third-order valence-corrected chi connectivity index (χ3v) is 5.48. The fraction of sp³-hybridized carbons (Fsp3) is 0.238. The fourth-order valence-corrected chi connectivity index (χ4v) is 2.84. The lowest BCUT2D eigenvalue weighted by atomic mass is 10.3. The summed E-state index contributed by atoms with van der Waals surface area (Å²) >= 11 is 23.5. The second kappa shape index (κ2) is 12.1. The van der Waals surface area contributed by atoms with Crippen LogP contribution in [0.4, 0.5) is 0 Å². The number of carbonyl (C=O) groups is 2. The minimum atomic E-state index is -0.381. The Hall–Kier alpha value is -2.12. The zero-order valence-electron chi connectivity index (χ0n) is 16.6. The summed E-state index contributed by atoms with van der Waals surface area (Å²) in [7, 11) is 1.63. The second-order valence-corrected chi connectivity index (χ2v) is 8.08. The lowest BCUT2D eigenvalue weighted by Crippen LogP contribution is -2.34. The summed E-state index contributed by atoms with van der Waals surface area (Å²) in [5, 5.41) is 4.10. The molecule has 0 saturated heterocycles. The van der Waals surface area contributed by atoms with Crippen LogP contribution >= 0.6 is 46.4 Å². The summed E-state index contributed by atoms with van der Waals surface area (Å²) in [4.78, 5) is 25.7. The third kappa shape index (κ3) is 8.50. The van der Waals surface area contributed by atoms with Crippen LogP contribution in [0.1, 0.15) is 6.42 Å². The zero-order valence-corrected chi connectivity index (χ0v) is 19.6. The van der Waals surface area contributed by atoms with Crippen molar-refractivity contribution in [2.24, 2.45) is 0 Å². The molecule has 0 fully saturated rings. The van der Waals surface area contributed by atoms with Gasteiger partial charge in [0.2, 0.25) is 0 Å². The van der Waals surface area contributed by atoms with Crippen LogP contribution in [0.5, 0.6) is 11.5 Å². The van der Waals surface area contributed by atoms with Gasteiger partial charge in [0.05, 0.1) is 20.1 Å². The highest BCUT2D eigenvalue weighted by molar-refractivity contribution is 6.42. The quantitative estimate of drug-likeness (QED) is 0.479. The van der Waals surface area contributed by atoms with Crippen LogP contribution in [-0.2, 0) is 9.59 Å². The molecule has 0 aliphatic heterocycles. The van der Waals surface area contributed by atoms with E-state index in [2.05, 4.69) is 11.9 Å². The predicted molar refractivity (Wildman–Crippen MR) is 123 cm³/mol. The van der Waals surface area contributed by atoms with Crippen molar-refractivity contribution in [1.29, 1.82) is 0 Å². The van der Waals surface area contributed by atoms with Crippen molar-refractivity contribution >= 4 is 58.2 Å². The predicted octanol–water partition coefficient (Wildman–Crippen LogP) is 5.24. The van der Waals surface area contributed by atoms with Gasteiger partial charge in [0.15, 0.2) is 13.2 Å². The molecule has 0 saturated carbocycles. The third-order valence-electron chi connectivity index (χ3n) is 4.01. The first-order chi connectivity index (χ1) is 14.7. The molecule has 2 amide bonds. The number of ether oxygens (including phenoxy) is 2. The molecule has 0 aliphatic carbocycles. The Labute approximate surface area is 200 Å². The molecule has 31 heavy (non-hydrogen) atoms. The maximum absolute atomic E-state index is 12.2. The van der Waals surface area contributed by atoms with Crippen molar-refractivity contribution in [3.05, 3.63) is 68.8 Å². The average molecular weight is 506 g/mol.